The van der Waals surface area contributed by atoms with E-state index in [1.165, 1.54) is 0 Å². The Kier molecular flexibility index (Phi) is 7.55. The third kappa shape index (κ3) is 5.18. The lowest BCUT2D eigenvalue weighted by Crippen LogP contribution is -2.15. The van der Waals surface area contributed by atoms with Crippen LogP contribution in [-0.4, -0.2) is 35.6 Å². The Labute approximate surface area is 186 Å². The molecule has 0 bridgehead atoms. The number of carbonyl (C=O) groups excluding carboxylic acids is 1. The predicted octanol–water partition coefficient (Wildman–Crippen LogP) is 3.82. The number of nitrogens with one attached hydrogen (secondary N) is 1. The number of ether oxygens (including phenoxy) is 2. The van der Waals surface area contributed by atoms with Crippen LogP contribution < -0.4 is 20.5 Å². The number of rotatable bonds is 10. The predicted molar refractivity (Wildman–Crippen MR) is 122 cm³/mol. The summed E-state index contributed by atoms with van der Waals surface area (Å²) in [7, 11) is 1.57. The number of pyridine rings is 1. The van der Waals surface area contributed by atoms with Crippen molar-refractivity contribution in [1.82, 2.24) is 4.98 Å². The molecule has 0 aliphatic heterocycles. The summed E-state index contributed by atoms with van der Waals surface area (Å²) < 4.78 is 11.3. The molecule has 0 fully saturated rings. The lowest BCUT2D eigenvalue weighted by molar-refractivity contribution is -0.117. The number of fused-ring (bicyclic) bond motifs is 1. The Morgan fingerprint density at radius 2 is 2.06 bits per heavy atom. The topological polar surface area (TPSA) is 107 Å². The molecule has 1 heterocycles. The van der Waals surface area contributed by atoms with Crippen LogP contribution >= 0.6 is 11.6 Å². The molecule has 3 rings (SSSR count). The van der Waals surface area contributed by atoms with E-state index in [2.05, 4.69) is 10.3 Å². The van der Waals surface area contributed by atoms with E-state index >= 15 is 0 Å². The average molecular weight is 444 g/mol. The van der Waals surface area contributed by atoms with E-state index in [4.69, 9.17) is 26.8 Å². The third-order valence-corrected chi connectivity index (χ3v) is 5.28. The fraction of sp³-hybridized carbons (Fsp3) is 0.304. The highest BCUT2D eigenvalue weighted by Crippen LogP contribution is 2.38. The van der Waals surface area contributed by atoms with Crippen molar-refractivity contribution in [3.05, 3.63) is 53.2 Å². The summed E-state index contributed by atoms with van der Waals surface area (Å²) in [6.07, 6.45) is 2.37. The van der Waals surface area contributed by atoms with Gasteiger partial charge in [-0.3, -0.25) is 9.78 Å². The molecule has 0 saturated carbocycles. The zero-order valence-electron chi connectivity index (χ0n) is 17.6. The molecule has 3 aromatic rings. The highest BCUT2D eigenvalue weighted by molar-refractivity contribution is 6.17. The van der Waals surface area contributed by atoms with Gasteiger partial charge in [0.15, 0.2) is 11.5 Å². The largest absolute Gasteiger partial charge is 0.493 e. The van der Waals surface area contributed by atoms with E-state index in [0.717, 1.165) is 22.2 Å². The van der Waals surface area contributed by atoms with Gasteiger partial charge in [-0.1, -0.05) is 12.1 Å². The van der Waals surface area contributed by atoms with E-state index in [1.54, 1.807) is 19.4 Å². The summed E-state index contributed by atoms with van der Waals surface area (Å²) in [5.74, 6) is 1.16. The van der Waals surface area contributed by atoms with Gasteiger partial charge in [0.25, 0.3) is 0 Å². The van der Waals surface area contributed by atoms with Gasteiger partial charge in [0.2, 0.25) is 5.91 Å². The highest BCUT2D eigenvalue weighted by atomic mass is 35.5. The maximum Gasteiger partial charge on any atom is 0.221 e. The van der Waals surface area contributed by atoms with Crippen molar-refractivity contribution in [1.29, 1.82) is 0 Å². The number of amides is 1. The number of aromatic nitrogens is 1. The molecule has 1 amide bonds. The molecule has 4 N–H and O–H groups in total. The fourth-order valence-corrected chi connectivity index (χ4v) is 3.45. The van der Waals surface area contributed by atoms with Crippen LogP contribution in [0.15, 0.2) is 36.5 Å². The molecule has 7 nitrogen and oxygen atoms in total. The van der Waals surface area contributed by atoms with Crippen LogP contribution in [0.4, 0.5) is 11.4 Å². The van der Waals surface area contributed by atoms with E-state index < -0.39 is 5.91 Å². The number of nitrogens with two attached hydrogens (primary N) is 1. The maximum atomic E-state index is 11.7. The van der Waals surface area contributed by atoms with Gasteiger partial charge in [-0.25, -0.2) is 0 Å². The van der Waals surface area contributed by atoms with Gasteiger partial charge in [0, 0.05) is 34.8 Å². The standard InChI is InChI=1S/C23H26ClN3O4/c1-14-15(13-28)5-3-6-18(14)27-23-16(9-22(25)29)12-26-19-11-21(31-8-4-7-24)20(30-2)10-17(19)23/h3,5-6,10-12,28H,4,7-9,13H2,1-2H3,(H2,25,29)(H,26,27). The number of methoxy groups -OCH3 is 1. The monoisotopic (exact) mass is 443 g/mol. The summed E-state index contributed by atoms with van der Waals surface area (Å²) >= 11 is 5.74. The van der Waals surface area contributed by atoms with Crippen LogP contribution in [0.1, 0.15) is 23.1 Å². The molecule has 8 heteroatoms. The molecule has 0 spiro atoms. The lowest BCUT2D eigenvalue weighted by Gasteiger charge is -2.18. The summed E-state index contributed by atoms with van der Waals surface area (Å²) in [5, 5.41) is 13.8. The fourth-order valence-electron chi connectivity index (χ4n) is 3.34. The van der Waals surface area contributed by atoms with Crippen molar-refractivity contribution >= 4 is 39.8 Å². The van der Waals surface area contributed by atoms with Crippen LogP contribution in [0, 0.1) is 6.92 Å². The number of primary amides is 1. The number of benzene rings is 2. The molecule has 0 radical (unpaired) electrons. The molecule has 0 aliphatic carbocycles. The highest BCUT2D eigenvalue weighted by Gasteiger charge is 2.16. The van der Waals surface area contributed by atoms with Gasteiger partial charge in [-0.15, -0.1) is 11.6 Å². The number of aliphatic hydroxyl groups excluding tert-OH is 1. The van der Waals surface area contributed by atoms with Crippen molar-refractivity contribution in [2.75, 3.05) is 24.9 Å². The molecular formula is C23H26ClN3O4. The van der Waals surface area contributed by atoms with E-state index in [-0.39, 0.29) is 13.0 Å². The Morgan fingerprint density at radius 1 is 1.26 bits per heavy atom. The number of halogens is 1. The lowest BCUT2D eigenvalue weighted by atomic mass is 10.0. The van der Waals surface area contributed by atoms with Gasteiger partial charge in [0.05, 0.1) is 37.9 Å². The average Bonchev–Trinajstić information content (AvgIpc) is 2.76. The number of anilines is 2. The first kappa shape index (κ1) is 22.7. The van der Waals surface area contributed by atoms with Crippen LogP contribution in [0.25, 0.3) is 10.9 Å². The third-order valence-electron chi connectivity index (χ3n) is 5.01. The van der Waals surface area contributed by atoms with E-state index in [0.29, 0.717) is 47.2 Å². The molecule has 0 aliphatic rings. The number of hydrogen-bond donors (Lipinski definition) is 3. The van der Waals surface area contributed by atoms with Gasteiger partial charge in [-0.05, 0) is 36.6 Å². The molecule has 1 aromatic heterocycles. The minimum absolute atomic E-state index is 0.0281. The van der Waals surface area contributed by atoms with E-state index in [1.807, 2.05) is 31.2 Å². The molecule has 0 unspecified atom stereocenters. The second-order valence-electron chi connectivity index (χ2n) is 7.09. The normalized spacial score (nSPS) is 10.8. The smallest absolute Gasteiger partial charge is 0.221 e. The van der Waals surface area contributed by atoms with Gasteiger partial charge in [0.1, 0.15) is 0 Å². The van der Waals surface area contributed by atoms with Gasteiger partial charge < -0.3 is 25.6 Å². The van der Waals surface area contributed by atoms with Crippen molar-refractivity contribution in [2.45, 2.75) is 26.4 Å². The zero-order valence-corrected chi connectivity index (χ0v) is 18.3. The van der Waals surface area contributed by atoms with Crippen LogP contribution in [-0.2, 0) is 17.8 Å². The molecular weight excluding hydrogens is 418 g/mol. The number of nitrogens with zero attached hydrogens (tertiary/aromatic N) is 1. The van der Waals surface area contributed by atoms with Gasteiger partial charge in [-0.2, -0.15) is 0 Å². The van der Waals surface area contributed by atoms with Crippen molar-refractivity contribution in [3.63, 3.8) is 0 Å². The minimum atomic E-state index is -0.460. The number of aliphatic hydroxyl groups is 1. The quantitative estimate of drug-likeness (QED) is 0.325. The number of carbonyl (C=O) groups is 1. The second-order valence-corrected chi connectivity index (χ2v) is 7.46. The van der Waals surface area contributed by atoms with Crippen molar-refractivity contribution in [3.8, 4) is 11.5 Å². The minimum Gasteiger partial charge on any atom is -0.493 e. The van der Waals surface area contributed by atoms with Crippen LogP contribution in [0.3, 0.4) is 0 Å². The van der Waals surface area contributed by atoms with Crippen LogP contribution in [0.5, 0.6) is 11.5 Å². The Bertz CT molecular complexity index is 1090. The Balaban J connectivity index is 2.14. The molecule has 2 aromatic carbocycles. The molecule has 164 valence electrons. The first-order valence-electron chi connectivity index (χ1n) is 9.91. The Morgan fingerprint density at radius 3 is 2.74 bits per heavy atom. The molecule has 0 saturated heterocycles. The van der Waals surface area contributed by atoms with E-state index in [9.17, 15) is 9.90 Å². The zero-order chi connectivity index (χ0) is 22.4. The summed E-state index contributed by atoms with van der Waals surface area (Å²) in [6, 6.07) is 9.27. The van der Waals surface area contributed by atoms with Crippen LogP contribution in [0.2, 0.25) is 0 Å². The van der Waals surface area contributed by atoms with Crippen molar-refractivity contribution in [2.24, 2.45) is 5.73 Å². The maximum absolute atomic E-state index is 11.7. The summed E-state index contributed by atoms with van der Waals surface area (Å²) in [5.41, 5.74) is 10.0. The first-order valence-corrected chi connectivity index (χ1v) is 10.4. The summed E-state index contributed by atoms with van der Waals surface area (Å²) in [6.45, 7) is 2.32. The summed E-state index contributed by atoms with van der Waals surface area (Å²) in [4.78, 5) is 16.2. The molecule has 31 heavy (non-hydrogen) atoms. The van der Waals surface area contributed by atoms with Crippen molar-refractivity contribution < 1.29 is 19.4 Å². The Hall–Kier alpha value is -3.03. The van der Waals surface area contributed by atoms with Gasteiger partial charge >= 0.3 is 0 Å². The molecule has 0 atom stereocenters. The first-order chi connectivity index (χ1) is 15.0. The number of hydrogen-bond acceptors (Lipinski definition) is 6. The SMILES string of the molecule is COc1cc2c(Nc3cccc(CO)c3C)c(CC(N)=O)cnc2cc1OCCCCl. The number of alkyl halides is 1. The second kappa shape index (κ2) is 10.3.